The van der Waals surface area contributed by atoms with Gasteiger partial charge in [-0.3, -0.25) is 4.79 Å². The van der Waals surface area contributed by atoms with Gasteiger partial charge in [-0.1, -0.05) is 13.8 Å². The lowest BCUT2D eigenvalue weighted by molar-refractivity contribution is -0.125. The maximum absolute atomic E-state index is 11.9. The number of aromatic hydroxyl groups is 1. The Labute approximate surface area is 118 Å². The summed E-state index contributed by atoms with van der Waals surface area (Å²) in [6.45, 7) is 4.52. The van der Waals surface area contributed by atoms with Crippen LogP contribution in [0, 0.1) is 5.41 Å². The van der Waals surface area contributed by atoms with Crippen LogP contribution in [0.5, 0.6) is 5.75 Å². The molecule has 0 unspecified atom stereocenters. The first kappa shape index (κ1) is 13.0. The Morgan fingerprint density at radius 2 is 2.15 bits per heavy atom. The molecule has 1 aromatic carbocycles. The molecule has 1 aliphatic rings. The number of aryl methyl sites for hydroxylation is 1. The van der Waals surface area contributed by atoms with E-state index in [2.05, 4.69) is 10.3 Å². The normalized spacial score (nSPS) is 16.3. The van der Waals surface area contributed by atoms with Crippen molar-refractivity contribution >= 4 is 16.8 Å². The van der Waals surface area contributed by atoms with Gasteiger partial charge in [0.15, 0.2) is 0 Å². The molecule has 0 atom stereocenters. The van der Waals surface area contributed by atoms with Gasteiger partial charge in [-0.15, -0.1) is 0 Å². The summed E-state index contributed by atoms with van der Waals surface area (Å²) in [5.74, 6) is 0.455. The van der Waals surface area contributed by atoms with E-state index in [-0.39, 0.29) is 11.3 Å². The molecule has 4 nitrogen and oxygen atoms in total. The van der Waals surface area contributed by atoms with Crippen LogP contribution in [0.25, 0.3) is 10.9 Å². The van der Waals surface area contributed by atoms with Crippen molar-refractivity contribution in [2.45, 2.75) is 39.7 Å². The number of benzene rings is 1. The smallest absolute Gasteiger partial charge is 0.226 e. The summed E-state index contributed by atoms with van der Waals surface area (Å²) in [7, 11) is 0. The van der Waals surface area contributed by atoms with Crippen molar-refractivity contribution in [2.24, 2.45) is 5.41 Å². The third-order valence-electron chi connectivity index (χ3n) is 4.24. The van der Waals surface area contributed by atoms with Crippen molar-refractivity contribution in [1.82, 2.24) is 10.3 Å². The monoisotopic (exact) mass is 272 g/mol. The summed E-state index contributed by atoms with van der Waals surface area (Å²) in [6.07, 6.45) is 2.77. The predicted octanol–water partition coefficient (Wildman–Crippen LogP) is 2.85. The number of hydrogen-bond donors (Lipinski definition) is 3. The van der Waals surface area contributed by atoms with Gasteiger partial charge in [0.25, 0.3) is 0 Å². The molecule has 1 aliphatic carbocycles. The molecule has 0 aliphatic heterocycles. The summed E-state index contributed by atoms with van der Waals surface area (Å²) >= 11 is 0. The fraction of sp³-hybridized carbons (Fsp3) is 0.438. The van der Waals surface area contributed by atoms with Gasteiger partial charge in [0, 0.05) is 28.1 Å². The molecule has 0 spiro atoms. The van der Waals surface area contributed by atoms with Crippen LogP contribution >= 0.6 is 0 Å². The van der Waals surface area contributed by atoms with E-state index in [4.69, 9.17) is 0 Å². The zero-order chi connectivity index (χ0) is 14.3. The molecule has 20 heavy (non-hydrogen) atoms. The topological polar surface area (TPSA) is 65.1 Å². The van der Waals surface area contributed by atoms with Gasteiger partial charge in [-0.2, -0.15) is 0 Å². The van der Waals surface area contributed by atoms with E-state index in [0.717, 1.165) is 41.4 Å². The van der Waals surface area contributed by atoms with E-state index in [1.54, 1.807) is 6.07 Å². The minimum Gasteiger partial charge on any atom is -0.508 e. The molecule has 106 valence electrons. The highest BCUT2D eigenvalue weighted by Crippen LogP contribution is 2.45. The molecular formula is C16H20N2O2. The highest BCUT2D eigenvalue weighted by molar-refractivity contribution is 5.85. The van der Waals surface area contributed by atoms with E-state index in [1.165, 1.54) is 0 Å². The van der Waals surface area contributed by atoms with Crippen molar-refractivity contribution in [1.29, 1.82) is 0 Å². The fourth-order valence-electron chi connectivity index (χ4n) is 2.46. The molecule has 1 amide bonds. The number of phenols is 1. The molecular weight excluding hydrogens is 252 g/mol. The lowest BCUT2D eigenvalue weighted by atomic mass is 10.1. The maximum Gasteiger partial charge on any atom is 0.226 e. The Morgan fingerprint density at radius 1 is 1.40 bits per heavy atom. The molecule has 1 heterocycles. The SMILES string of the molecule is CCc1cc2cc(CNC(=O)C3(C)CC3)[nH]c2cc1O. The molecule has 3 rings (SSSR count). The number of hydrogen-bond acceptors (Lipinski definition) is 2. The second-order valence-corrected chi connectivity index (χ2v) is 5.96. The summed E-state index contributed by atoms with van der Waals surface area (Å²) in [5, 5.41) is 13.9. The maximum atomic E-state index is 11.9. The average molecular weight is 272 g/mol. The molecule has 2 aromatic rings. The highest BCUT2D eigenvalue weighted by Gasteiger charge is 2.44. The number of amides is 1. The summed E-state index contributed by atoms with van der Waals surface area (Å²) in [6, 6.07) is 5.78. The molecule has 3 N–H and O–H groups in total. The van der Waals surface area contributed by atoms with Crippen LogP contribution in [-0.4, -0.2) is 16.0 Å². The van der Waals surface area contributed by atoms with Gasteiger partial charge >= 0.3 is 0 Å². The number of carbonyl (C=O) groups excluding carboxylic acids is 1. The summed E-state index contributed by atoms with van der Waals surface area (Å²) in [5.41, 5.74) is 2.67. The van der Waals surface area contributed by atoms with E-state index in [0.29, 0.717) is 12.3 Å². The Kier molecular flexibility index (Phi) is 2.96. The first-order valence-electron chi connectivity index (χ1n) is 7.13. The number of aromatic amines is 1. The van der Waals surface area contributed by atoms with E-state index in [9.17, 15) is 9.90 Å². The van der Waals surface area contributed by atoms with Gasteiger partial charge < -0.3 is 15.4 Å². The van der Waals surface area contributed by atoms with Gasteiger partial charge in [0.05, 0.1) is 6.54 Å². The zero-order valence-corrected chi connectivity index (χ0v) is 11.9. The predicted molar refractivity (Wildman–Crippen MR) is 78.5 cm³/mol. The van der Waals surface area contributed by atoms with Crippen LogP contribution in [0.15, 0.2) is 18.2 Å². The standard InChI is InChI=1S/C16H20N2O2/c1-3-10-6-11-7-12(18-13(11)8-14(10)19)9-17-15(20)16(2)4-5-16/h6-8,18-19H,3-5,9H2,1-2H3,(H,17,20). The molecule has 1 saturated carbocycles. The van der Waals surface area contributed by atoms with Crippen LogP contribution in [0.4, 0.5) is 0 Å². The summed E-state index contributed by atoms with van der Waals surface area (Å²) < 4.78 is 0. The van der Waals surface area contributed by atoms with Crippen LogP contribution in [-0.2, 0) is 17.8 Å². The molecule has 0 bridgehead atoms. The van der Waals surface area contributed by atoms with Gasteiger partial charge in [-0.05, 0) is 37.0 Å². The lowest BCUT2D eigenvalue weighted by Crippen LogP contribution is -2.29. The minimum absolute atomic E-state index is 0.133. The number of nitrogens with one attached hydrogen (secondary N) is 2. The van der Waals surface area contributed by atoms with Crippen LogP contribution in [0.3, 0.4) is 0 Å². The minimum atomic E-state index is -0.139. The Bertz CT molecular complexity index is 668. The Hall–Kier alpha value is -1.97. The van der Waals surface area contributed by atoms with Crippen molar-refractivity contribution < 1.29 is 9.90 Å². The van der Waals surface area contributed by atoms with Gasteiger partial charge in [0.1, 0.15) is 5.75 Å². The first-order chi connectivity index (χ1) is 9.51. The Morgan fingerprint density at radius 3 is 2.80 bits per heavy atom. The first-order valence-corrected chi connectivity index (χ1v) is 7.13. The number of rotatable bonds is 4. The third kappa shape index (κ3) is 2.26. The molecule has 1 fully saturated rings. The van der Waals surface area contributed by atoms with E-state index < -0.39 is 0 Å². The molecule has 4 heteroatoms. The fourth-order valence-corrected chi connectivity index (χ4v) is 2.46. The van der Waals surface area contributed by atoms with Crippen LogP contribution < -0.4 is 5.32 Å². The quantitative estimate of drug-likeness (QED) is 0.801. The summed E-state index contributed by atoms with van der Waals surface area (Å²) in [4.78, 5) is 15.1. The van der Waals surface area contributed by atoms with E-state index in [1.807, 2.05) is 26.0 Å². The van der Waals surface area contributed by atoms with E-state index >= 15 is 0 Å². The van der Waals surface area contributed by atoms with Gasteiger partial charge in [-0.25, -0.2) is 0 Å². The highest BCUT2D eigenvalue weighted by atomic mass is 16.3. The third-order valence-corrected chi connectivity index (χ3v) is 4.24. The second-order valence-electron chi connectivity index (χ2n) is 5.96. The van der Waals surface area contributed by atoms with Crippen LogP contribution in [0.1, 0.15) is 37.9 Å². The van der Waals surface area contributed by atoms with Crippen molar-refractivity contribution in [3.63, 3.8) is 0 Å². The average Bonchev–Trinajstić information content (AvgIpc) is 3.05. The molecule has 0 radical (unpaired) electrons. The van der Waals surface area contributed by atoms with Crippen molar-refractivity contribution in [2.75, 3.05) is 0 Å². The Balaban J connectivity index is 1.77. The van der Waals surface area contributed by atoms with Gasteiger partial charge in [0.2, 0.25) is 5.91 Å². The lowest BCUT2D eigenvalue weighted by Gasteiger charge is -2.08. The van der Waals surface area contributed by atoms with Crippen molar-refractivity contribution in [3.05, 3.63) is 29.5 Å². The largest absolute Gasteiger partial charge is 0.508 e. The molecule has 0 saturated heterocycles. The van der Waals surface area contributed by atoms with Crippen LogP contribution in [0.2, 0.25) is 0 Å². The second kappa shape index (κ2) is 4.54. The number of phenolic OH excluding ortho intramolecular Hbond substituents is 1. The zero-order valence-electron chi connectivity index (χ0n) is 11.9. The van der Waals surface area contributed by atoms with Crippen molar-refractivity contribution in [3.8, 4) is 5.75 Å². The molecule has 1 aromatic heterocycles. The number of aromatic nitrogens is 1. The number of carbonyl (C=O) groups is 1. The number of fused-ring (bicyclic) bond motifs is 1. The number of H-pyrrole nitrogens is 1.